The Kier molecular flexibility index (Phi) is 6.95. The van der Waals surface area contributed by atoms with Gasteiger partial charge >= 0.3 is 0 Å². The summed E-state index contributed by atoms with van der Waals surface area (Å²) in [5, 5.41) is 0. The van der Waals surface area contributed by atoms with Crippen molar-refractivity contribution in [3.63, 3.8) is 0 Å². The second-order valence-electron chi connectivity index (χ2n) is 7.29. The van der Waals surface area contributed by atoms with Gasteiger partial charge in [0.15, 0.2) is 0 Å². The van der Waals surface area contributed by atoms with E-state index in [1.807, 2.05) is 37.3 Å². The largest absolute Gasteiger partial charge is 0.517 e. The van der Waals surface area contributed by atoms with Crippen molar-refractivity contribution in [2.24, 2.45) is 0 Å². The van der Waals surface area contributed by atoms with Gasteiger partial charge in [-0.3, -0.25) is 0 Å². The molecule has 1 aliphatic rings. The van der Waals surface area contributed by atoms with Crippen molar-refractivity contribution in [2.75, 3.05) is 0 Å². The molecule has 1 aliphatic carbocycles. The first kappa shape index (κ1) is 20.8. The van der Waals surface area contributed by atoms with Crippen LogP contribution in [0.15, 0.2) is 48.5 Å². The summed E-state index contributed by atoms with van der Waals surface area (Å²) in [7, 11) is 0. The summed E-state index contributed by atoms with van der Waals surface area (Å²) in [5.74, 6) is 1.56. The Morgan fingerprint density at radius 2 is 1.93 bits per heavy atom. The zero-order valence-corrected chi connectivity index (χ0v) is 19.9. The Morgan fingerprint density at radius 1 is 1.11 bits per heavy atom. The number of hydrogen-bond donors (Lipinski definition) is 0. The molecule has 0 saturated heterocycles. The molecule has 137 valence electrons. The molecule has 1 nitrogen and oxygen atoms in total. The van der Waals surface area contributed by atoms with E-state index in [9.17, 15) is 0 Å². The third-order valence-electron chi connectivity index (χ3n) is 5.19. The summed E-state index contributed by atoms with van der Waals surface area (Å²) in [6, 6.07) is 20.8. The Bertz CT molecular complexity index is 895. The molecular formula is C24H25OSY-. The topological polar surface area (TPSA) is 9.23 Å². The van der Waals surface area contributed by atoms with Crippen LogP contribution in [0, 0.1) is 6.07 Å². The minimum absolute atomic E-state index is 0. The predicted octanol–water partition coefficient (Wildman–Crippen LogP) is 7.11. The van der Waals surface area contributed by atoms with Gasteiger partial charge in [-0.15, -0.1) is 29.0 Å². The van der Waals surface area contributed by atoms with Crippen LogP contribution in [0.5, 0.6) is 5.75 Å². The fraction of sp³-hybridized carbons (Fsp3) is 0.333. The van der Waals surface area contributed by atoms with Crippen molar-refractivity contribution in [3.8, 4) is 26.6 Å². The van der Waals surface area contributed by atoms with E-state index in [2.05, 4.69) is 49.4 Å². The Balaban J connectivity index is 0.00000210. The third kappa shape index (κ3) is 4.39. The van der Waals surface area contributed by atoms with Crippen LogP contribution in [-0.2, 0) is 39.1 Å². The first-order valence-electron chi connectivity index (χ1n) is 9.56. The van der Waals surface area contributed by atoms with Crippen LogP contribution in [0.2, 0.25) is 0 Å². The normalized spacial score (nSPS) is 15.5. The van der Waals surface area contributed by atoms with Gasteiger partial charge in [0.05, 0.1) is 6.10 Å². The molecule has 0 N–H and O–H groups in total. The maximum absolute atomic E-state index is 5.70. The summed E-state index contributed by atoms with van der Waals surface area (Å²) in [6.45, 7) is 6.38. The average molecular weight is 450 g/mol. The van der Waals surface area contributed by atoms with Crippen LogP contribution in [0.1, 0.15) is 50.7 Å². The SMILES string of the molecule is CC[C@H]1CCc2c(-c3ccc(-c4c[c-]c(OC(C)C)cc4)s3)cccc21.[Y]. The quantitative estimate of drug-likeness (QED) is 0.377. The molecule has 2 aromatic carbocycles. The first-order valence-corrected chi connectivity index (χ1v) is 10.4. The average Bonchev–Trinajstić information content (AvgIpc) is 3.28. The number of ether oxygens (including phenoxy) is 1. The van der Waals surface area contributed by atoms with E-state index in [-0.39, 0.29) is 38.8 Å². The summed E-state index contributed by atoms with van der Waals surface area (Å²) in [4.78, 5) is 2.66. The van der Waals surface area contributed by atoms with Crippen LogP contribution in [0.25, 0.3) is 20.9 Å². The van der Waals surface area contributed by atoms with Crippen molar-refractivity contribution in [3.05, 3.63) is 65.7 Å². The van der Waals surface area contributed by atoms with E-state index in [1.54, 1.807) is 11.1 Å². The van der Waals surface area contributed by atoms with Gasteiger partial charge in [0.2, 0.25) is 0 Å². The van der Waals surface area contributed by atoms with Crippen molar-refractivity contribution in [1.29, 1.82) is 0 Å². The molecule has 27 heavy (non-hydrogen) atoms. The number of hydrogen-bond acceptors (Lipinski definition) is 2. The third-order valence-corrected chi connectivity index (χ3v) is 6.36. The molecule has 1 aromatic heterocycles. The minimum atomic E-state index is 0. The molecule has 0 spiro atoms. The van der Waals surface area contributed by atoms with Gasteiger partial charge in [0, 0.05) is 43.3 Å². The number of benzene rings is 2. The van der Waals surface area contributed by atoms with E-state index in [0.29, 0.717) is 0 Å². The predicted molar refractivity (Wildman–Crippen MR) is 111 cm³/mol. The molecule has 3 heteroatoms. The van der Waals surface area contributed by atoms with Gasteiger partial charge in [-0.25, -0.2) is 0 Å². The van der Waals surface area contributed by atoms with Gasteiger partial charge in [-0.05, 0) is 66.7 Å². The molecule has 0 amide bonds. The summed E-state index contributed by atoms with van der Waals surface area (Å²) in [6.07, 6.45) is 3.93. The standard InChI is InChI=1S/C24H25OS.Y/c1-4-17-10-13-21-20(17)6-5-7-22(21)24-15-14-23(26-24)18-8-11-19(12-9-18)25-16(2)3;/h5-9,11,14-17H,4,10,13H2,1-3H3;/q-1;/t17-;/m0./s1. The molecule has 3 aromatic rings. The van der Waals surface area contributed by atoms with Crippen LogP contribution < -0.4 is 4.74 Å². The van der Waals surface area contributed by atoms with Crippen molar-refractivity contribution in [1.82, 2.24) is 0 Å². The fourth-order valence-electron chi connectivity index (χ4n) is 3.92. The monoisotopic (exact) mass is 450 g/mol. The molecule has 0 saturated carbocycles. The summed E-state index contributed by atoms with van der Waals surface area (Å²) >= 11 is 1.87. The van der Waals surface area contributed by atoms with Crippen molar-refractivity contribution in [2.45, 2.75) is 52.1 Å². The van der Waals surface area contributed by atoms with Gasteiger partial charge < -0.3 is 4.74 Å². The molecule has 0 fully saturated rings. The molecule has 1 atom stereocenters. The van der Waals surface area contributed by atoms with E-state index in [4.69, 9.17) is 4.74 Å². The van der Waals surface area contributed by atoms with Crippen molar-refractivity contribution >= 4 is 11.3 Å². The number of fused-ring (bicyclic) bond motifs is 1. The first-order chi connectivity index (χ1) is 12.7. The number of rotatable bonds is 5. The van der Waals surface area contributed by atoms with Crippen LogP contribution >= 0.6 is 11.3 Å². The fourth-order valence-corrected chi connectivity index (χ4v) is 4.98. The molecular weight excluding hydrogens is 425 g/mol. The summed E-state index contributed by atoms with van der Waals surface area (Å²) < 4.78 is 5.70. The van der Waals surface area contributed by atoms with E-state index in [0.717, 1.165) is 11.7 Å². The van der Waals surface area contributed by atoms with E-state index < -0.39 is 0 Å². The van der Waals surface area contributed by atoms with Gasteiger partial charge in [-0.2, -0.15) is 12.1 Å². The molecule has 4 rings (SSSR count). The Morgan fingerprint density at radius 3 is 2.63 bits per heavy atom. The van der Waals surface area contributed by atoms with E-state index in [1.165, 1.54) is 40.1 Å². The van der Waals surface area contributed by atoms with Crippen molar-refractivity contribution < 1.29 is 37.4 Å². The van der Waals surface area contributed by atoms with E-state index >= 15 is 0 Å². The van der Waals surface area contributed by atoms with Gasteiger partial charge in [0.25, 0.3) is 0 Å². The van der Waals surface area contributed by atoms with Gasteiger partial charge in [0.1, 0.15) is 0 Å². The molecule has 0 aliphatic heterocycles. The van der Waals surface area contributed by atoms with Crippen LogP contribution in [0.3, 0.4) is 0 Å². The molecule has 0 bridgehead atoms. The maximum Gasteiger partial charge on any atom is 0.0899 e. The van der Waals surface area contributed by atoms with Crippen LogP contribution in [0.4, 0.5) is 0 Å². The van der Waals surface area contributed by atoms with Gasteiger partial charge in [-0.1, -0.05) is 31.2 Å². The Hall–Kier alpha value is -0.956. The smallest absolute Gasteiger partial charge is 0.0899 e. The molecule has 0 unspecified atom stereocenters. The molecule has 1 radical (unpaired) electrons. The molecule has 1 heterocycles. The van der Waals surface area contributed by atoms with Crippen LogP contribution in [-0.4, -0.2) is 6.10 Å². The zero-order chi connectivity index (χ0) is 18.1. The maximum atomic E-state index is 5.70. The number of thiophene rings is 1. The Labute approximate surface area is 192 Å². The second-order valence-corrected chi connectivity index (χ2v) is 8.37. The zero-order valence-electron chi connectivity index (χ0n) is 16.3. The second kappa shape index (κ2) is 9.03. The minimum Gasteiger partial charge on any atom is -0.517 e. The summed E-state index contributed by atoms with van der Waals surface area (Å²) in [5.41, 5.74) is 5.78.